The highest BCUT2D eigenvalue weighted by Crippen LogP contribution is 2.35. The lowest BCUT2D eigenvalue weighted by molar-refractivity contribution is 0.192. The van der Waals surface area contributed by atoms with Crippen LogP contribution < -0.4 is 0 Å². The van der Waals surface area contributed by atoms with E-state index in [-0.39, 0.29) is 0 Å². The highest BCUT2D eigenvalue weighted by molar-refractivity contribution is 7.99. The number of aromatic nitrogens is 3. The van der Waals surface area contributed by atoms with Crippen LogP contribution in [0.1, 0.15) is 28.8 Å². The molecule has 1 fully saturated rings. The van der Waals surface area contributed by atoms with Gasteiger partial charge < -0.3 is 8.94 Å². The first-order valence-electron chi connectivity index (χ1n) is 10.4. The van der Waals surface area contributed by atoms with Gasteiger partial charge in [0, 0.05) is 29.7 Å². The SMILES string of the molecule is Cc1ccc(C2CSCCN2Cc2nnc(-c3c(-c4ccccc4)noc3C)o2)cc1. The lowest BCUT2D eigenvalue weighted by atomic mass is 10.0. The molecule has 0 radical (unpaired) electrons. The summed E-state index contributed by atoms with van der Waals surface area (Å²) in [5.74, 6) is 3.89. The molecule has 0 aliphatic carbocycles. The maximum atomic E-state index is 6.11. The van der Waals surface area contributed by atoms with E-state index in [0.717, 1.165) is 34.9 Å². The molecule has 1 atom stereocenters. The Labute approximate surface area is 185 Å². The molecule has 2 aromatic carbocycles. The minimum absolute atomic E-state index is 0.340. The van der Waals surface area contributed by atoms with Gasteiger partial charge in [-0.3, -0.25) is 4.90 Å². The van der Waals surface area contributed by atoms with Crippen LogP contribution >= 0.6 is 11.8 Å². The summed E-state index contributed by atoms with van der Waals surface area (Å²) in [5.41, 5.74) is 5.05. The average molecular weight is 433 g/mol. The van der Waals surface area contributed by atoms with E-state index in [1.54, 1.807) is 0 Å². The Morgan fingerprint density at radius 2 is 1.84 bits per heavy atom. The largest absolute Gasteiger partial charge is 0.419 e. The number of benzene rings is 2. The van der Waals surface area contributed by atoms with Crippen molar-refractivity contribution >= 4 is 11.8 Å². The van der Waals surface area contributed by atoms with Crippen LogP contribution in [0.3, 0.4) is 0 Å². The molecule has 158 valence electrons. The van der Waals surface area contributed by atoms with Gasteiger partial charge in [-0.25, -0.2) is 0 Å². The van der Waals surface area contributed by atoms with E-state index >= 15 is 0 Å². The van der Waals surface area contributed by atoms with Gasteiger partial charge in [-0.05, 0) is 19.4 Å². The first kappa shape index (κ1) is 20.0. The second-order valence-electron chi connectivity index (χ2n) is 7.80. The summed E-state index contributed by atoms with van der Waals surface area (Å²) >= 11 is 1.99. The van der Waals surface area contributed by atoms with Gasteiger partial charge in [0.25, 0.3) is 5.89 Å². The highest BCUT2D eigenvalue weighted by atomic mass is 32.2. The average Bonchev–Trinajstić information content (AvgIpc) is 3.41. The lowest BCUT2D eigenvalue weighted by Gasteiger charge is -2.34. The number of nitrogens with zero attached hydrogens (tertiary/aromatic N) is 4. The molecule has 5 rings (SSSR count). The monoisotopic (exact) mass is 432 g/mol. The third-order valence-electron chi connectivity index (χ3n) is 5.63. The second kappa shape index (κ2) is 8.69. The Morgan fingerprint density at radius 3 is 2.65 bits per heavy atom. The molecule has 1 saturated heterocycles. The summed E-state index contributed by atoms with van der Waals surface area (Å²) in [5, 5.41) is 12.9. The molecule has 1 unspecified atom stereocenters. The number of thioether (sulfide) groups is 1. The standard InChI is InChI=1S/C24H24N4O2S/c1-16-8-10-18(11-9-16)20-15-31-13-12-28(20)14-21-25-26-24(29-21)22-17(2)30-27-23(22)19-6-4-3-5-7-19/h3-11,20H,12-15H2,1-2H3. The number of aryl methyl sites for hydroxylation is 2. The van der Waals surface area contributed by atoms with Gasteiger partial charge in [0.05, 0.1) is 6.54 Å². The topological polar surface area (TPSA) is 68.2 Å². The number of hydrogen-bond donors (Lipinski definition) is 0. The zero-order valence-electron chi connectivity index (χ0n) is 17.6. The maximum Gasteiger partial charge on any atom is 0.253 e. The third kappa shape index (κ3) is 4.16. The first-order valence-corrected chi connectivity index (χ1v) is 11.6. The van der Waals surface area contributed by atoms with Crippen LogP contribution in [-0.4, -0.2) is 38.3 Å². The van der Waals surface area contributed by atoms with Gasteiger partial charge in [-0.1, -0.05) is 65.3 Å². The normalized spacial score (nSPS) is 17.2. The Kier molecular flexibility index (Phi) is 5.61. The zero-order valence-corrected chi connectivity index (χ0v) is 18.4. The molecule has 0 bridgehead atoms. The van der Waals surface area contributed by atoms with Crippen molar-refractivity contribution in [2.75, 3.05) is 18.1 Å². The van der Waals surface area contributed by atoms with Crippen LogP contribution in [0, 0.1) is 13.8 Å². The van der Waals surface area contributed by atoms with Crippen LogP contribution in [0.2, 0.25) is 0 Å². The highest BCUT2D eigenvalue weighted by Gasteiger charge is 2.27. The van der Waals surface area contributed by atoms with Gasteiger partial charge in [-0.2, -0.15) is 11.8 Å². The quantitative estimate of drug-likeness (QED) is 0.424. The summed E-state index contributed by atoms with van der Waals surface area (Å²) in [4.78, 5) is 2.43. The fourth-order valence-corrected chi connectivity index (χ4v) is 5.09. The van der Waals surface area contributed by atoms with Crippen LogP contribution in [-0.2, 0) is 6.54 Å². The van der Waals surface area contributed by atoms with Gasteiger partial charge in [-0.15, -0.1) is 10.2 Å². The van der Waals surface area contributed by atoms with Crippen molar-refractivity contribution in [1.29, 1.82) is 0 Å². The minimum Gasteiger partial charge on any atom is -0.419 e. The number of rotatable bonds is 5. The summed E-state index contributed by atoms with van der Waals surface area (Å²) < 4.78 is 11.6. The third-order valence-corrected chi connectivity index (χ3v) is 6.65. The van der Waals surface area contributed by atoms with Gasteiger partial charge in [0.1, 0.15) is 17.0 Å². The zero-order chi connectivity index (χ0) is 21.2. The molecule has 0 saturated carbocycles. The lowest BCUT2D eigenvalue weighted by Crippen LogP contribution is -2.35. The van der Waals surface area contributed by atoms with Gasteiger partial charge in [0.15, 0.2) is 0 Å². The van der Waals surface area contributed by atoms with Gasteiger partial charge in [0.2, 0.25) is 5.89 Å². The van der Waals surface area contributed by atoms with Crippen LogP contribution in [0.15, 0.2) is 63.5 Å². The number of hydrogen-bond acceptors (Lipinski definition) is 7. The van der Waals surface area contributed by atoms with Crippen molar-refractivity contribution in [3.63, 3.8) is 0 Å². The van der Waals surface area contributed by atoms with Crippen LogP contribution in [0.4, 0.5) is 0 Å². The predicted molar refractivity (Wildman–Crippen MR) is 122 cm³/mol. The molecule has 2 aromatic heterocycles. The Morgan fingerprint density at radius 1 is 1.03 bits per heavy atom. The summed E-state index contributed by atoms with van der Waals surface area (Å²) in [6.07, 6.45) is 0. The molecule has 1 aliphatic heterocycles. The van der Waals surface area contributed by atoms with Crippen LogP contribution in [0.5, 0.6) is 0 Å². The van der Waals surface area contributed by atoms with Crippen molar-refractivity contribution in [2.24, 2.45) is 0 Å². The van der Waals surface area contributed by atoms with Crippen molar-refractivity contribution in [3.8, 4) is 22.7 Å². The molecular formula is C24H24N4O2S. The minimum atomic E-state index is 0.340. The molecule has 0 N–H and O–H groups in total. The molecule has 4 aromatic rings. The Bertz CT molecular complexity index is 1150. The molecular weight excluding hydrogens is 408 g/mol. The van der Waals surface area contributed by atoms with E-state index in [2.05, 4.69) is 51.4 Å². The summed E-state index contributed by atoms with van der Waals surface area (Å²) in [7, 11) is 0. The Balaban J connectivity index is 1.40. The summed E-state index contributed by atoms with van der Waals surface area (Å²) in [6, 6.07) is 19.1. The molecule has 7 heteroatoms. The van der Waals surface area contributed by atoms with E-state index in [1.807, 2.05) is 49.0 Å². The fraction of sp³-hybridized carbons (Fsp3) is 0.292. The molecule has 0 amide bonds. The molecule has 0 spiro atoms. The van der Waals surface area contributed by atoms with E-state index in [0.29, 0.717) is 30.1 Å². The fourth-order valence-electron chi connectivity index (χ4n) is 3.93. The summed E-state index contributed by atoms with van der Waals surface area (Å²) in [6.45, 7) is 5.60. The van der Waals surface area contributed by atoms with E-state index in [1.165, 1.54) is 11.1 Å². The molecule has 31 heavy (non-hydrogen) atoms. The molecule has 6 nitrogen and oxygen atoms in total. The van der Waals surface area contributed by atoms with E-state index < -0.39 is 0 Å². The van der Waals surface area contributed by atoms with E-state index in [4.69, 9.17) is 8.94 Å². The van der Waals surface area contributed by atoms with Crippen LogP contribution in [0.25, 0.3) is 22.7 Å². The maximum absolute atomic E-state index is 6.11. The smallest absolute Gasteiger partial charge is 0.253 e. The van der Waals surface area contributed by atoms with Crippen molar-refractivity contribution < 1.29 is 8.94 Å². The van der Waals surface area contributed by atoms with Gasteiger partial charge >= 0.3 is 0 Å². The van der Waals surface area contributed by atoms with E-state index in [9.17, 15) is 0 Å². The van der Waals surface area contributed by atoms with Crippen molar-refractivity contribution in [1.82, 2.24) is 20.3 Å². The second-order valence-corrected chi connectivity index (χ2v) is 8.95. The first-order chi connectivity index (χ1) is 15.2. The van der Waals surface area contributed by atoms with Crippen molar-refractivity contribution in [3.05, 3.63) is 77.4 Å². The van der Waals surface area contributed by atoms with Crippen molar-refractivity contribution in [2.45, 2.75) is 26.4 Å². The molecule has 3 heterocycles. The predicted octanol–water partition coefficient (Wildman–Crippen LogP) is 5.30. The molecule has 1 aliphatic rings. The Hall–Kier alpha value is -2.90.